The number of rotatable bonds is 5. The summed E-state index contributed by atoms with van der Waals surface area (Å²) in [6.45, 7) is 4.87. The Morgan fingerprint density at radius 3 is 2.70 bits per heavy atom. The second-order valence-electron chi connectivity index (χ2n) is 8.36. The molecule has 162 valence electrons. The summed E-state index contributed by atoms with van der Waals surface area (Å²) in [6.07, 6.45) is 5.42. The molecule has 1 aromatic heterocycles. The Hall–Kier alpha value is -2.45. The van der Waals surface area contributed by atoms with Crippen molar-refractivity contribution in [3.8, 4) is 0 Å². The van der Waals surface area contributed by atoms with Crippen molar-refractivity contribution in [2.75, 3.05) is 51.3 Å². The van der Waals surface area contributed by atoms with Crippen LogP contribution in [0.1, 0.15) is 25.7 Å². The number of likely N-dealkylation sites (tertiary alicyclic amines) is 1. The van der Waals surface area contributed by atoms with Gasteiger partial charge in [-0.3, -0.25) is 19.1 Å². The van der Waals surface area contributed by atoms with Gasteiger partial charge in [-0.2, -0.15) is 0 Å². The first-order valence-electron chi connectivity index (χ1n) is 10.9. The molecule has 2 fully saturated rings. The number of fused-ring (bicyclic) bond motifs is 1. The first-order chi connectivity index (χ1) is 14.6. The quantitative estimate of drug-likeness (QED) is 0.785. The smallest absolute Gasteiger partial charge is 0.261 e. The number of carbonyl (C=O) groups excluding carboxylic acids is 1. The van der Waals surface area contributed by atoms with Gasteiger partial charge in [0.15, 0.2) is 0 Å². The standard InChI is InChI=1S/C22H31N5O3/c1-24-18(4-2-3-5-21(24)29)15-25-8-10-26(11-9-25)17-6-7-19-20(14-17)23-16-27(12-13-28)22(19)30/h6-7,14,16,18,28H,2-5,8-13,15H2,1H3. The van der Waals surface area contributed by atoms with E-state index in [1.807, 2.05) is 30.1 Å². The van der Waals surface area contributed by atoms with Gasteiger partial charge in [-0.05, 0) is 31.0 Å². The second kappa shape index (κ2) is 9.14. The number of amides is 1. The molecule has 1 N–H and O–H groups in total. The molecule has 0 aliphatic carbocycles. The third kappa shape index (κ3) is 4.34. The number of benzene rings is 1. The van der Waals surface area contributed by atoms with Crippen LogP contribution in [0.25, 0.3) is 10.9 Å². The first-order valence-corrected chi connectivity index (χ1v) is 10.9. The summed E-state index contributed by atoms with van der Waals surface area (Å²) >= 11 is 0. The molecule has 0 spiro atoms. The molecule has 8 heteroatoms. The highest BCUT2D eigenvalue weighted by Gasteiger charge is 2.26. The van der Waals surface area contributed by atoms with Gasteiger partial charge in [0.25, 0.3) is 5.56 Å². The molecule has 1 aromatic carbocycles. The summed E-state index contributed by atoms with van der Waals surface area (Å²) in [5.74, 6) is 0.276. The monoisotopic (exact) mass is 413 g/mol. The van der Waals surface area contributed by atoms with Crippen LogP contribution < -0.4 is 10.5 Å². The third-order valence-electron chi connectivity index (χ3n) is 6.48. The van der Waals surface area contributed by atoms with Gasteiger partial charge in [0.1, 0.15) is 0 Å². The molecular weight excluding hydrogens is 382 g/mol. The predicted molar refractivity (Wildman–Crippen MR) is 117 cm³/mol. The molecule has 1 unspecified atom stereocenters. The summed E-state index contributed by atoms with van der Waals surface area (Å²) in [4.78, 5) is 35.8. The number of hydrogen-bond donors (Lipinski definition) is 1. The predicted octanol–water partition coefficient (Wildman–Crippen LogP) is 0.912. The number of hydrogen-bond acceptors (Lipinski definition) is 6. The molecule has 0 bridgehead atoms. The number of piperazine rings is 1. The van der Waals surface area contributed by atoms with Crippen LogP contribution in [0, 0.1) is 0 Å². The van der Waals surface area contributed by atoms with E-state index < -0.39 is 0 Å². The highest BCUT2D eigenvalue weighted by atomic mass is 16.3. The molecule has 2 aromatic rings. The number of anilines is 1. The Labute approximate surface area is 176 Å². The number of aliphatic hydroxyl groups is 1. The van der Waals surface area contributed by atoms with E-state index in [9.17, 15) is 9.59 Å². The van der Waals surface area contributed by atoms with E-state index >= 15 is 0 Å². The van der Waals surface area contributed by atoms with Crippen molar-refractivity contribution in [1.82, 2.24) is 19.4 Å². The minimum Gasteiger partial charge on any atom is -0.395 e. The Morgan fingerprint density at radius 1 is 1.13 bits per heavy atom. The van der Waals surface area contributed by atoms with Crippen molar-refractivity contribution >= 4 is 22.5 Å². The summed E-state index contributed by atoms with van der Waals surface area (Å²) in [5, 5.41) is 9.66. The number of aromatic nitrogens is 2. The lowest BCUT2D eigenvalue weighted by atomic mass is 10.1. The maximum absolute atomic E-state index is 12.5. The normalized spacial score (nSPS) is 21.3. The van der Waals surface area contributed by atoms with E-state index in [2.05, 4.69) is 14.8 Å². The van der Waals surface area contributed by atoms with E-state index in [-0.39, 0.29) is 24.6 Å². The molecule has 0 radical (unpaired) electrons. The van der Waals surface area contributed by atoms with Crippen molar-refractivity contribution in [3.63, 3.8) is 0 Å². The second-order valence-corrected chi connectivity index (χ2v) is 8.36. The van der Waals surface area contributed by atoms with Crippen molar-refractivity contribution in [2.45, 2.75) is 38.3 Å². The first kappa shape index (κ1) is 20.8. The van der Waals surface area contributed by atoms with Crippen LogP contribution in [0.4, 0.5) is 5.69 Å². The minimum absolute atomic E-state index is 0.0831. The SMILES string of the molecule is CN1C(=O)CCCCC1CN1CCN(c2ccc3c(=O)n(CCO)cnc3c2)CC1. The van der Waals surface area contributed by atoms with E-state index in [1.54, 1.807) is 0 Å². The Morgan fingerprint density at radius 2 is 1.93 bits per heavy atom. The molecular formula is C22H31N5O3. The van der Waals surface area contributed by atoms with Crippen LogP contribution in [0.15, 0.2) is 29.3 Å². The average molecular weight is 414 g/mol. The van der Waals surface area contributed by atoms with Crippen LogP contribution in [-0.4, -0.2) is 82.8 Å². The number of likely N-dealkylation sites (N-methyl/N-ethyl adjacent to an activating group) is 1. The molecule has 30 heavy (non-hydrogen) atoms. The van der Waals surface area contributed by atoms with Crippen molar-refractivity contribution in [2.24, 2.45) is 0 Å². The van der Waals surface area contributed by atoms with Gasteiger partial charge in [-0.15, -0.1) is 0 Å². The molecule has 2 aliphatic rings. The summed E-state index contributed by atoms with van der Waals surface area (Å²) in [7, 11) is 1.95. The van der Waals surface area contributed by atoms with Gasteiger partial charge in [0.2, 0.25) is 5.91 Å². The van der Waals surface area contributed by atoms with Crippen LogP contribution in [0.5, 0.6) is 0 Å². The highest BCUT2D eigenvalue weighted by molar-refractivity contribution is 5.81. The minimum atomic E-state index is -0.118. The molecule has 1 atom stereocenters. The Bertz CT molecular complexity index is 951. The maximum Gasteiger partial charge on any atom is 0.261 e. The lowest BCUT2D eigenvalue weighted by Crippen LogP contribution is -2.51. The van der Waals surface area contributed by atoms with Crippen LogP contribution >= 0.6 is 0 Å². The number of aliphatic hydroxyl groups excluding tert-OH is 1. The van der Waals surface area contributed by atoms with Crippen LogP contribution in [0.3, 0.4) is 0 Å². The maximum atomic E-state index is 12.5. The third-order valence-corrected chi connectivity index (χ3v) is 6.48. The topological polar surface area (TPSA) is 81.9 Å². The highest BCUT2D eigenvalue weighted by Crippen LogP contribution is 2.22. The Balaban J connectivity index is 1.40. The molecule has 2 saturated heterocycles. The van der Waals surface area contributed by atoms with E-state index in [0.29, 0.717) is 23.4 Å². The van der Waals surface area contributed by atoms with Gasteiger partial charge in [0, 0.05) is 57.9 Å². The van der Waals surface area contributed by atoms with Gasteiger partial charge in [-0.25, -0.2) is 4.98 Å². The lowest BCUT2D eigenvalue weighted by molar-refractivity contribution is -0.131. The van der Waals surface area contributed by atoms with Gasteiger partial charge in [0.05, 0.1) is 30.4 Å². The van der Waals surface area contributed by atoms with Crippen molar-refractivity contribution < 1.29 is 9.90 Å². The van der Waals surface area contributed by atoms with Crippen molar-refractivity contribution in [1.29, 1.82) is 0 Å². The zero-order chi connectivity index (χ0) is 21.1. The lowest BCUT2D eigenvalue weighted by Gasteiger charge is -2.39. The fourth-order valence-electron chi connectivity index (χ4n) is 4.54. The van der Waals surface area contributed by atoms with Crippen molar-refractivity contribution in [3.05, 3.63) is 34.9 Å². The molecule has 4 rings (SSSR count). The molecule has 1 amide bonds. The molecule has 2 aliphatic heterocycles. The van der Waals surface area contributed by atoms with Crippen LogP contribution in [0.2, 0.25) is 0 Å². The fourth-order valence-corrected chi connectivity index (χ4v) is 4.54. The van der Waals surface area contributed by atoms with Crippen LogP contribution in [-0.2, 0) is 11.3 Å². The number of carbonyl (C=O) groups is 1. The molecule has 3 heterocycles. The van der Waals surface area contributed by atoms with E-state index in [1.165, 1.54) is 10.9 Å². The summed E-state index contributed by atoms with van der Waals surface area (Å²) in [5.41, 5.74) is 1.65. The zero-order valence-electron chi connectivity index (χ0n) is 17.7. The fraction of sp³-hybridized carbons (Fsp3) is 0.591. The van der Waals surface area contributed by atoms with Gasteiger partial charge in [-0.1, -0.05) is 6.42 Å². The molecule has 0 saturated carbocycles. The van der Waals surface area contributed by atoms with E-state index in [4.69, 9.17) is 5.11 Å². The van der Waals surface area contributed by atoms with Gasteiger partial charge < -0.3 is 14.9 Å². The van der Waals surface area contributed by atoms with Gasteiger partial charge >= 0.3 is 0 Å². The Kier molecular flexibility index (Phi) is 6.34. The van der Waals surface area contributed by atoms with E-state index in [0.717, 1.165) is 57.7 Å². The largest absolute Gasteiger partial charge is 0.395 e. The molecule has 8 nitrogen and oxygen atoms in total. The number of nitrogens with zero attached hydrogens (tertiary/aromatic N) is 5. The zero-order valence-corrected chi connectivity index (χ0v) is 17.7. The summed E-state index contributed by atoms with van der Waals surface area (Å²) < 4.78 is 1.44. The average Bonchev–Trinajstić information content (AvgIpc) is 2.92. The summed E-state index contributed by atoms with van der Waals surface area (Å²) in [6, 6.07) is 6.12.